The minimum atomic E-state index is -0.332. The van der Waals surface area contributed by atoms with Gasteiger partial charge in [-0.15, -0.1) is 5.10 Å². The van der Waals surface area contributed by atoms with E-state index in [4.69, 9.17) is 10.2 Å². The third-order valence-electron chi connectivity index (χ3n) is 3.69. The van der Waals surface area contributed by atoms with Gasteiger partial charge in [-0.3, -0.25) is 4.79 Å². The molecule has 0 atom stereocenters. The smallest absolute Gasteiger partial charge is 0.314 e. The fourth-order valence-electron chi connectivity index (χ4n) is 2.59. The number of aryl methyl sites for hydroxylation is 1. The number of furan rings is 1. The minimum Gasteiger partial charge on any atom is -0.451 e. The Hall–Kier alpha value is -3.08. The molecule has 0 aliphatic carbocycles. The molecular weight excluding hydrogens is 278 g/mol. The molecule has 108 valence electrons. The summed E-state index contributed by atoms with van der Waals surface area (Å²) in [5.74, 6) is 0.242. The first-order valence-electron chi connectivity index (χ1n) is 6.91. The lowest BCUT2D eigenvalue weighted by Crippen LogP contribution is -2.12. The molecule has 0 spiro atoms. The first-order chi connectivity index (χ1) is 10.6. The van der Waals surface area contributed by atoms with E-state index in [1.54, 1.807) is 6.07 Å². The van der Waals surface area contributed by atoms with E-state index in [-0.39, 0.29) is 11.7 Å². The third-order valence-corrected chi connectivity index (χ3v) is 3.69. The molecule has 2 aromatic carbocycles. The van der Waals surface area contributed by atoms with Crippen LogP contribution in [0.3, 0.4) is 0 Å². The van der Waals surface area contributed by atoms with Crippen LogP contribution in [-0.4, -0.2) is 15.7 Å². The van der Waals surface area contributed by atoms with Gasteiger partial charge >= 0.3 is 5.91 Å². The van der Waals surface area contributed by atoms with Gasteiger partial charge in [-0.05, 0) is 36.8 Å². The van der Waals surface area contributed by atoms with Crippen molar-refractivity contribution in [1.29, 1.82) is 0 Å². The molecule has 0 radical (unpaired) electrons. The third kappa shape index (κ3) is 1.79. The zero-order chi connectivity index (χ0) is 15.3. The lowest BCUT2D eigenvalue weighted by Gasteiger charge is -1.98. The summed E-state index contributed by atoms with van der Waals surface area (Å²) in [7, 11) is 0. The lowest BCUT2D eigenvalue weighted by atomic mass is 10.2. The Morgan fingerprint density at radius 1 is 1.18 bits per heavy atom. The number of carbonyl (C=O) groups is 1. The van der Waals surface area contributed by atoms with Gasteiger partial charge in [0.1, 0.15) is 5.58 Å². The average Bonchev–Trinajstić information content (AvgIpc) is 3.08. The Morgan fingerprint density at radius 3 is 2.86 bits per heavy atom. The summed E-state index contributed by atoms with van der Waals surface area (Å²) in [6.07, 6.45) is 0. The number of nitrogen functional groups attached to an aromatic ring is 1. The van der Waals surface area contributed by atoms with Gasteiger partial charge in [-0.1, -0.05) is 24.3 Å². The van der Waals surface area contributed by atoms with Crippen LogP contribution in [0.15, 0.2) is 52.9 Å². The Balaban J connectivity index is 1.88. The molecule has 0 bridgehead atoms. The molecule has 4 rings (SSSR count). The van der Waals surface area contributed by atoms with Crippen LogP contribution in [0.25, 0.3) is 21.9 Å². The molecule has 0 aliphatic rings. The molecule has 4 aromatic rings. The maximum Gasteiger partial charge on any atom is 0.314 e. The van der Waals surface area contributed by atoms with Crippen molar-refractivity contribution in [3.8, 4) is 0 Å². The number of fused-ring (bicyclic) bond motifs is 2. The maximum absolute atomic E-state index is 12.7. The summed E-state index contributed by atoms with van der Waals surface area (Å²) in [5, 5.41) is 5.78. The zero-order valence-corrected chi connectivity index (χ0v) is 11.9. The normalized spacial score (nSPS) is 11.3. The SMILES string of the molecule is Cc1ccc2cc(C(=O)n3nc(N)c4ccccc43)oc2c1. The van der Waals surface area contributed by atoms with Gasteiger partial charge in [0.25, 0.3) is 0 Å². The second-order valence-corrected chi connectivity index (χ2v) is 5.27. The number of hydrogen-bond donors (Lipinski definition) is 1. The van der Waals surface area contributed by atoms with Gasteiger partial charge in [0.15, 0.2) is 11.6 Å². The highest BCUT2D eigenvalue weighted by Gasteiger charge is 2.19. The number of benzene rings is 2. The lowest BCUT2D eigenvalue weighted by molar-refractivity contribution is 0.0925. The van der Waals surface area contributed by atoms with Crippen molar-refractivity contribution in [2.75, 3.05) is 5.73 Å². The quantitative estimate of drug-likeness (QED) is 0.583. The van der Waals surface area contributed by atoms with E-state index in [1.807, 2.05) is 49.4 Å². The summed E-state index contributed by atoms with van der Waals surface area (Å²) in [6.45, 7) is 1.98. The summed E-state index contributed by atoms with van der Waals surface area (Å²) < 4.78 is 6.96. The summed E-state index contributed by atoms with van der Waals surface area (Å²) in [6, 6.07) is 14.9. The van der Waals surface area contributed by atoms with E-state index in [1.165, 1.54) is 4.68 Å². The van der Waals surface area contributed by atoms with Gasteiger partial charge < -0.3 is 10.2 Å². The van der Waals surface area contributed by atoms with Crippen LogP contribution in [0.5, 0.6) is 0 Å². The molecule has 0 unspecified atom stereocenters. The Kier molecular flexibility index (Phi) is 2.56. The van der Waals surface area contributed by atoms with Crippen LogP contribution in [0.4, 0.5) is 5.82 Å². The Bertz CT molecular complexity index is 1030. The van der Waals surface area contributed by atoms with E-state index >= 15 is 0 Å². The summed E-state index contributed by atoms with van der Waals surface area (Å²) in [5.41, 5.74) is 8.31. The van der Waals surface area contributed by atoms with E-state index in [0.717, 1.165) is 16.3 Å². The fourth-order valence-corrected chi connectivity index (χ4v) is 2.59. The Morgan fingerprint density at radius 2 is 2.00 bits per heavy atom. The van der Waals surface area contributed by atoms with E-state index in [2.05, 4.69) is 5.10 Å². The van der Waals surface area contributed by atoms with Crippen molar-refractivity contribution in [3.63, 3.8) is 0 Å². The number of anilines is 1. The van der Waals surface area contributed by atoms with Crippen LogP contribution in [0.2, 0.25) is 0 Å². The molecular formula is C17H13N3O2. The number of carbonyl (C=O) groups excluding carboxylic acids is 1. The number of nitrogens with two attached hydrogens (primary N) is 1. The highest BCUT2D eigenvalue weighted by molar-refractivity contribution is 6.03. The van der Waals surface area contributed by atoms with Crippen molar-refractivity contribution >= 4 is 33.6 Å². The maximum atomic E-state index is 12.7. The molecule has 0 amide bonds. The van der Waals surface area contributed by atoms with Gasteiger partial charge in [-0.2, -0.15) is 4.68 Å². The van der Waals surface area contributed by atoms with Crippen LogP contribution in [0, 0.1) is 6.92 Å². The second kappa shape index (κ2) is 4.46. The monoisotopic (exact) mass is 291 g/mol. The van der Waals surface area contributed by atoms with Gasteiger partial charge in [-0.25, -0.2) is 0 Å². The molecule has 0 fully saturated rings. The molecule has 5 nitrogen and oxygen atoms in total. The zero-order valence-electron chi connectivity index (χ0n) is 11.9. The molecule has 2 heterocycles. The molecule has 5 heteroatoms. The van der Waals surface area contributed by atoms with Gasteiger partial charge in [0.2, 0.25) is 0 Å². The molecule has 0 saturated carbocycles. The van der Waals surface area contributed by atoms with Gasteiger partial charge in [0, 0.05) is 10.8 Å². The minimum absolute atomic E-state index is 0.244. The van der Waals surface area contributed by atoms with Crippen molar-refractivity contribution in [2.45, 2.75) is 6.92 Å². The van der Waals surface area contributed by atoms with Crippen molar-refractivity contribution in [2.24, 2.45) is 0 Å². The van der Waals surface area contributed by atoms with Crippen LogP contribution >= 0.6 is 0 Å². The predicted octanol–water partition coefficient (Wildman–Crippen LogP) is 3.36. The Labute approximate surface area is 125 Å². The number of hydrogen-bond acceptors (Lipinski definition) is 4. The van der Waals surface area contributed by atoms with Gasteiger partial charge in [0.05, 0.1) is 5.52 Å². The van der Waals surface area contributed by atoms with Crippen molar-refractivity contribution < 1.29 is 9.21 Å². The van der Waals surface area contributed by atoms with Crippen LogP contribution in [-0.2, 0) is 0 Å². The van der Waals surface area contributed by atoms with Crippen LogP contribution in [0.1, 0.15) is 16.1 Å². The largest absolute Gasteiger partial charge is 0.451 e. The molecule has 2 aromatic heterocycles. The topological polar surface area (TPSA) is 74.0 Å². The average molecular weight is 291 g/mol. The molecule has 0 aliphatic heterocycles. The van der Waals surface area contributed by atoms with E-state index in [0.29, 0.717) is 16.9 Å². The standard InChI is InChI=1S/C17H13N3O2/c1-10-6-7-11-9-15(22-14(11)8-10)17(21)20-13-5-3-2-4-12(13)16(18)19-20/h2-9H,1H3,(H2,18,19). The number of aromatic nitrogens is 2. The first kappa shape index (κ1) is 12.6. The number of para-hydroxylation sites is 1. The van der Waals surface area contributed by atoms with Crippen LogP contribution < -0.4 is 5.73 Å². The predicted molar refractivity (Wildman–Crippen MR) is 84.8 cm³/mol. The molecule has 0 saturated heterocycles. The van der Waals surface area contributed by atoms with Crippen molar-refractivity contribution in [3.05, 3.63) is 59.9 Å². The summed E-state index contributed by atoms with van der Waals surface area (Å²) >= 11 is 0. The highest BCUT2D eigenvalue weighted by atomic mass is 16.3. The number of rotatable bonds is 1. The number of nitrogens with zero attached hydrogens (tertiary/aromatic N) is 2. The second-order valence-electron chi connectivity index (χ2n) is 5.27. The first-order valence-corrected chi connectivity index (χ1v) is 6.91. The molecule has 22 heavy (non-hydrogen) atoms. The van der Waals surface area contributed by atoms with E-state index in [9.17, 15) is 4.79 Å². The highest BCUT2D eigenvalue weighted by Crippen LogP contribution is 2.24. The van der Waals surface area contributed by atoms with Crippen molar-refractivity contribution in [1.82, 2.24) is 9.78 Å². The summed E-state index contributed by atoms with van der Waals surface area (Å²) in [4.78, 5) is 12.7. The molecule has 2 N–H and O–H groups in total. The van der Waals surface area contributed by atoms with E-state index < -0.39 is 0 Å². The fraction of sp³-hybridized carbons (Fsp3) is 0.0588.